The number of aryl methyl sites for hydroxylation is 1. The van der Waals surface area contributed by atoms with E-state index in [1.807, 2.05) is 6.92 Å². The van der Waals surface area contributed by atoms with Crippen LogP contribution in [0.2, 0.25) is 0 Å². The largest absolute Gasteiger partial charge is 0.367 e. The molecule has 2 aliphatic heterocycles. The maximum Gasteiger partial charge on any atom is 0.322 e. The first kappa shape index (κ1) is 16.7. The number of nitrogens with one attached hydrogen (secondary N) is 3. The molecule has 1 aromatic rings. The van der Waals surface area contributed by atoms with Gasteiger partial charge in [-0.05, 0) is 26.2 Å². The molecule has 0 aromatic carbocycles. The van der Waals surface area contributed by atoms with E-state index in [0.29, 0.717) is 32.0 Å². The van der Waals surface area contributed by atoms with E-state index < -0.39 is 18.0 Å². The molecule has 9 heteroatoms. The molecular weight excluding hydrogens is 336 g/mol. The van der Waals surface area contributed by atoms with E-state index in [9.17, 15) is 14.4 Å². The van der Waals surface area contributed by atoms with Crippen LogP contribution in [-0.2, 0) is 22.4 Å². The van der Waals surface area contributed by atoms with Crippen LogP contribution in [0.1, 0.15) is 36.3 Å². The highest BCUT2D eigenvalue weighted by Gasteiger charge is 2.33. The van der Waals surface area contributed by atoms with Gasteiger partial charge in [0.1, 0.15) is 17.7 Å². The number of carbonyl (C=O) groups excluding carboxylic acids is 3. The van der Waals surface area contributed by atoms with Crippen LogP contribution in [0.25, 0.3) is 0 Å². The second-order valence-electron chi connectivity index (χ2n) is 7.06. The summed E-state index contributed by atoms with van der Waals surface area (Å²) in [6.45, 7) is 2.99. The molecule has 138 valence electrons. The van der Waals surface area contributed by atoms with Gasteiger partial charge < -0.3 is 15.5 Å². The fourth-order valence-electron chi connectivity index (χ4n) is 3.42. The molecule has 1 saturated carbocycles. The number of rotatable bonds is 4. The minimum atomic E-state index is -0.783. The van der Waals surface area contributed by atoms with Gasteiger partial charge in [-0.3, -0.25) is 14.9 Å². The Kier molecular flexibility index (Phi) is 4.21. The minimum absolute atomic E-state index is 0.0220. The summed E-state index contributed by atoms with van der Waals surface area (Å²) in [5.74, 6) is 1.05. The molecule has 9 nitrogen and oxygen atoms in total. The molecule has 0 bridgehead atoms. The van der Waals surface area contributed by atoms with Crippen LogP contribution in [0.15, 0.2) is 0 Å². The first-order chi connectivity index (χ1) is 12.5. The lowest BCUT2D eigenvalue weighted by molar-refractivity contribution is -0.133. The third-order valence-corrected chi connectivity index (χ3v) is 4.96. The highest BCUT2D eigenvalue weighted by molar-refractivity contribution is 6.05. The Bertz CT molecular complexity index is 776. The Morgan fingerprint density at radius 3 is 2.69 bits per heavy atom. The van der Waals surface area contributed by atoms with Crippen LogP contribution in [0, 0.1) is 6.92 Å². The van der Waals surface area contributed by atoms with Gasteiger partial charge >= 0.3 is 6.03 Å². The summed E-state index contributed by atoms with van der Waals surface area (Å²) in [5, 5.41) is 8.10. The van der Waals surface area contributed by atoms with Crippen LogP contribution >= 0.6 is 0 Å². The van der Waals surface area contributed by atoms with Gasteiger partial charge in [0, 0.05) is 31.1 Å². The zero-order valence-electron chi connectivity index (χ0n) is 14.7. The Hall–Kier alpha value is -2.71. The number of carbonyl (C=O) groups is 3. The molecule has 3 aliphatic rings. The fraction of sp³-hybridized carbons (Fsp3) is 0.588. The molecule has 3 N–H and O–H groups in total. The predicted molar refractivity (Wildman–Crippen MR) is 92.5 cm³/mol. The number of hydrogen-bond donors (Lipinski definition) is 3. The van der Waals surface area contributed by atoms with Gasteiger partial charge in [-0.15, -0.1) is 0 Å². The number of amides is 4. The number of imide groups is 1. The Morgan fingerprint density at radius 1 is 1.23 bits per heavy atom. The maximum absolute atomic E-state index is 12.6. The number of nitrogens with zero attached hydrogens (tertiary/aromatic N) is 3. The zero-order valence-corrected chi connectivity index (χ0v) is 14.7. The molecule has 1 aromatic heterocycles. The monoisotopic (exact) mass is 358 g/mol. The third kappa shape index (κ3) is 3.47. The molecule has 2 fully saturated rings. The van der Waals surface area contributed by atoms with E-state index >= 15 is 0 Å². The zero-order chi connectivity index (χ0) is 18.3. The molecule has 1 saturated heterocycles. The van der Waals surface area contributed by atoms with Crippen molar-refractivity contribution in [1.82, 2.24) is 25.5 Å². The number of urea groups is 1. The smallest absolute Gasteiger partial charge is 0.322 e. The summed E-state index contributed by atoms with van der Waals surface area (Å²) in [4.78, 5) is 46.3. The lowest BCUT2D eigenvalue weighted by atomic mass is 10.1. The predicted octanol–water partition coefficient (Wildman–Crippen LogP) is -0.115. The van der Waals surface area contributed by atoms with Crippen molar-refractivity contribution >= 4 is 23.7 Å². The van der Waals surface area contributed by atoms with Crippen LogP contribution in [0.4, 0.5) is 10.6 Å². The Balaban J connectivity index is 1.45. The standard InChI is InChI=1S/C17H22N6O3/c1-9-18-12-5-7-23(14(24)8-13-16(25)22-17(26)21-13)6-4-11(12)15(19-9)20-10-2-3-10/h10,13H,2-8H2,1H3,(H,18,19,20)(H2,21,22,25,26). The lowest BCUT2D eigenvalue weighted by Crippen LogP contribution is -2.40. The van der Waals surface area contributed by atoms with E-state index in [4.69, 9.17) is 0 Å². The summed E-state index contributed by atoms with van der Waals surface area (Å²) in [6, 6.07) is -0.828. The normalized spacial score (nSPS) is 22.3. The Labute approximate surface area is 150 Å². The molecule has 1 unspecified atom stereocenters. The van der Waals surface area contributed by atoms with E-state index in [-0.39, 0.29) is 12.3 Å². The highest BCUT2D eigenvalue weighted by atomic mass is 16.2. The summed E-state index contributed by atoms with van der Waals surface area (Å²) in [5.41, 5.74) is 2.08. The van der Waals surface area contributed by atoms with Crippen molar-refractivity contribution in [1.29, 1.82) is 0 Å². The Morgan fingerprint density at radius 2 is 2.00 bits per heavy atom. The number of hydrogen-bond acceptors (Lipinski definition) is 6. The van der Waals surface area contributed by atoms with Crippen molar-refractivity contribution in [3.63, 3.8) is 0 Å². The van der Waals surface area contributed by atoms with E-state index in [1.54, 1.807) is 4.90 Å². The number of fused-ring (bicyclic) bond motifs is 1. The molecule has 0 spiro atoms. The van der Waals surface area contributed by atoms with E-state index in [2.05, 4.69) is 25.9 Å². The molecule has 1 atom stereocenters. The molecule has 0 radical (unpaired) electrons. The summed E-state index contributed by atoms with van der Waals surface area (Å²) >= 11 is 0. The van der Waals surface area contributed by atoms with Crippen molar-refractivity contribution in [3.05, 3.63) is 17.1 Å². The fourth-order valence-corrected chi connectivity index (χ4v) is 3.42. The molecule has 4 amide bonds. The quantitative estimate of drug-likeness (QED) is 0.647. The topological polar surface area (TPSA) is 116 Å². The maximum atomic E-state index is 12.6. The van der Waals surface area contributed by atoms with Crippen molar-refractivity contribution in [2.45, 2.75) is 51.1 Å². The summed E-state index contributed by atoms with van der Waals surface area (Å²) in [7, 11) is 0. The summed E-state index contributed by atoms with van der Waals surface area (Å²) in [6.07, 6.45) is 3.65. The van der Waals surface area contributed by atoms with Gasteiger partial charge in [-0.25, -0.2) is 14.8 Å². The lowest BCUT2D eigenvalue weighted by Gasteiger charge is -2.21. The van der Waals surface area contributed by atoms with Gasteiger partial charge in [-0.1, -0.05) is 0 Å². The number of anilines is 1. The molecular formula is C17H22N6O3. The van der Waals surface area contributed by atoms with Crippen LogP contribution in [0.3, 0.4) is 0 Å². The van der Waals surface area contributed by atoms with Crippen LogP contribution in [0.5, 0.6) is 0 Å². The molecule has 1 aliphatic carbocycles. The SMILES string of the molecule is Cc1nc2c(c(NC3CC3)n1)CCN(C(=O)CC1NC(=O)NC1=O)CC2. The first-order valence-corrected chi connectivity index (χ1v) is 9.01. The van der Waals surface area contributed by atoms with Crippen molar-refractivity contribution in [2.24, 2.45) is 0 Å². The molecule has 4 rings (SSSR count). The van der Waals surface area contributed by atoms with Crippen LogP contribution < -0.4 is 16.0 Å². The number of aromatic nitrogens is 2. The second-order valence-corrected chi connectivity index (χ2v) is 7.06. The third-order valence-electron chi connectivity index (χ3n) is 4.96. The van der Waals surface area contributed by atoms with Crippen molar-refractivity contribution in [3.8, 4) is 0 Å². The van der Waals surface area contributed by atoms with Gasteiger partial charge in [0.2, 0.25) is 5.91 Å². The highest BCUT2D eigenvalue weighted by Crippen LogP contribution is 2.28. The summed E-state index contributed by atoms with van der Waals surface area (Å²) < 4.78 is 0. The van der Waals surface area contributed by atoms with Gasteiger partial charge in [0.05, 0.1) is 12.1 Å². The van der Waals surface area contributed by atoms with E-state index in [1.165, 1.54) is 0 Å². The van der Waals surface area contributed by atoms with Crippen molar-refractivity contribution < 1.29 is 14.4 Å². The van der Waals surface area contributed by atoms with Gasteiger partial charge in [0.15, 0.2) is 0 Å². The van der Waals surface area contributed by atoms with Gasteiger partial charge in [0.25, 0.3) is 5.91 Å². The minimum Gasteiger partial charge on any atom is -0.367 e. The average molecular weight is 358 g/mol. The first-order valence-electron chi connectivity index (χ1n) is 9.01. The van der Waals surface area contributed by atoms with Crippen LogP contribution in [-0.4, -0.2) is 57.9 Å². The van der Waals surface area contributed by atoms with Crippen molar-refractivity contribution in [2.75, 3.05) is 18.4 Å². The average Bonchev–Trinajstić information content (AvgIpc) is 3.35. The van der Waals surface area contributed by atoms with E-state index in [0.717, 1.165) is 35.7 Å². The molecule has 3 heterocycles. The second kappa shape index (κ2) is 6.54. The van der Waals surface area contributed by atoms with Gasteiger partial charge in [-0.2, -0.15) is 0 Å². The molecule has 26 heavy (non-hydrogen) atoms.